The molecule has 0 fully saturated rings. The molecule has 0 saturated heterocycles. The molecule has 0 spiro atoms. The Morgan fingerprint density at radius 2 is 2.05 bits per heavy atom. The Bertz CT molecular complexity index is 561. The van der Waals surface area contributed by atoms with E-state index in [9.17, 15) is 0 Å². The Morgan fingerprint density at radius 1 is 1.25 bits per heavy atom. The molecule has 0 unspecified atom stereocenters. The first kappa shape index (κ1) is 14.5. The topological polar surface area (TPSA) is 85.0 Å². The predicted molar refractivity (Wildman–Crippen MR) is 77.0 cm³/mol. The summed E-state index contributed by atoms with van der Waals surface area (Å²) in [6, 6.07) is 0. The smallest absolute Gasteiger partial charge is 0.245 e. The Balaban J connectivity index is 2.06. The SMILES string of the molecule is CCNc1nc(OCCOC(C)(C)C)c2[nH]cnc2n1. The standard InChI is InChI=1S/C13H21N5O2/c1-5-14-12-17-10-9(15-8-16-10)11(18-12)19-6-7-20-13(2,3)4/h8H,5-7H2,1-4H3,(H2,14,15,16,17,18). The summed E-state index contributed by atoms with van der Waals surface area (Å²) >= 11 is 0. The zero-order chi connectivity index (χ0) is 14.6. The van der Waals surface area contributed by atoms with E-state index in [4.69, 9.17) is 9.47 Å². The van der Waals surface area contributed by atoms with Crippen molar-refractivity contribution >= 4 is 17.1 Å². The lowest BCUT2D eigenvalue weighted by Crippen LogP contribution is -2.22. The predicted octanol–water partition coefficient (Wildman–Crippen LogP) is 1.98. The Hall–Kier alpha value is -1.89. The zero-order valence-electron chi connectivity index (χ0n) is 12.4. The number of rotatable bonds is 6. The molecule has 2 rings (SSSR count). The summed E-state index contributed by atoms with van der Waals surface area (Å²) in [7, 11) is 0. The van der Waals surface area contributed by atoms with Crippen LogP contribution in [0.5, 0.6) is 5.88 Å². The fourth-order valence-electron chi connectivity index (χ4n) is 1.63. The maximum absolute atomic E-state index is 5.67. The summed E-state index contributed by atoms with van der Waals surface area (Å²) in [5.41, 5.74) is 1.11. The molecule has 0 atom stereocenters. The van der Waals surface area contributed by atoms with Gasteiger partial charge in [-0.1, -0.05) is 0 Å². The number of ether oxygens (including phenoxy) is 2. The number of hydrogen-bond donors (Lipinski definition) is 2. The van der Waals surface area contributed by atoms with Crippen LogP contribution in [0.25, 0.3) is 11.2 Å². The van der Waals surface area contributed by atoms with Crippen molar-refractivity contribution < 1.29 is 9.47 Å². The van der Waals surface area contributed by atoms with Crippen LogP contribution in [0.15, 0.2) is 6.33 Å². The van der Waals surface area contributed by atoms with E-state index in [2.05, 4.69) is 25.3 Å². The minimum atomic E-state index is -0.173. The molecule has 20 heavy (non-hydrogen) atoms. The minimum Gasteiger partial charge on any atom is -0.474 e. The van der Waals surface area contributed by atoms with Crippen molar-refractivity contribution in [1.82, 2.24) is 19.9 Å². The van der Waals surface area contributed by atoms with Crippen molar-refractivity contribution in [3.05, 3.63) is 6.33 Å². The highest BCUT2D eigenvalue weighted by atomic mass is 16.5. The normalized spacial score (nSPS) is 11.8. The van der Waals surface area contributed by atoms with E-state index >= 15 is 0 Å². The van der Waals surface area contributed by atoms with Gasteiger partial charge in [0, 0.05) is 6.54 Å². The first-order chi connectivity index (χ1) is 9.49. The molecule has 0 aliphatic rings. The van der Waals surface area contributed by atoms with Crippen LogP contribution < -0.4 is 10.1 Å². The summed E-state index contributed by atoms with van der Waals surface area (Å²) in [6.45, 7) is 9.67. The number of hydrogen-bond acceptors (Lipinski definition) is 6. The van der Waals surface area contributed by atoms with Gasteiger partial charge in [-0.3, -0.25) is 0 Å². The molecule has 0 bridgehead atoms. The maximum atomic E-state index is 5.67. The van der Waals surface area contributed by atoms with Gasteiger partial charge in [-0.15, -0.1) is 0 Å². The molecular formula is C13H21N5O2. The van der Waals surface area contributed by atoms with E-state index in [1.165, 1.54) is 0 Å². The Labute approximate surface area is 118 Å². The quantitative estimate of drug-likeness (QED) is 0.786. The van der Waals surface area contributed by atoms with Gasteiger partial charge >= 0.3 is 0 Å². The second-order valence-electron chi connectivity index (χ2n) is 5.29. The molecule has 0 radical (unpaired) electrons. The van der Waals surface area contributed by atoms with Gasteiger partial charge < -0.3 is 19.8 Å². The average Bonchev–Trinajstić information content (AvgIpc) is 2.82. The Kier molecular flexibility index (Phi) is 4.39. The highest BCUT2D eigenvalue weighted by Gasteiger charge is 2.12. The fourth-order valence-corrected chi connectivity index (χ4v) is 1.63. The van der Waals surface area contributed by atoms with Crippen LogP contribution in [0.3, 0.4) is 0 Å². The van der Waals surface area contributed by atoms with Gasteiger partial charge in [-0.05, 0) is 27.7 Å². The van der Waals surface area contributed by atoms with Crippen LogP contribution in [0.4, 0.5) is 5.95 Å². The summed E-state index contributed by atoms with van der Waals surface area (Å²) in [5, 5.41) is 3.06. The third-order valence-electron chi connectivity index (χ3n) is 2.44. The first-order valence-electron chi connectivity index (χ1n) is 6.71. The second kappa shape index (κ2) is 6.04. The fraction of sp³-hybridized carbons (Fsp3) is 0.615. The molecule has 0 amide bonds. The molecule has 2 heterocycles. The molecule has 0 saturated carbocycles. The molecule has 7 nitrogen and oxygen atoms in total. The van der Waals surface area contributed by atoms with Crippen molar-refractivity contribution in [3.63, 3.8) is 0 Å². The Morgan fingerprint density at radius 3 is 2.75 bits per heavy atom. The highest BCUT2D eigenvalue weighted by molar-refractivity contribution is 5.76. The van der Waals surface area contributed by atoms with E-state index in [0.29, 0.717) is 36.2 Å². The molecule has 7 heteroatoms. The molecule has 2 N–H and O–H groups in total. The van der Waals surface area contributed by atoms with Crippen molar-refractivity contribution in [2.75, 3.05) is 25.1 Å². The first-order valence-corrected chi connectivity index (χ1v) is 6.71. The van der Waals surface area contributed by atoms with Crippen molar-refractivity contribution in [1.29, 1.82) is 0 Å². The minimum absolute atomic E-state index is 0.173. The van der Waals surface area contributed by atoms with Gasteiger partial charge in [0.05, 0.1) is 18.5 Å². The number of fused-ring (bicyclic) bond motifs is 1. The lowest BCUT2D eigenvalue weighted by atomic mass is 10.2. The van der Waals surface area contributed by atoms with E-state index in [1.54, 1.807) is 6.33 Å². The van der Waals surface area contributed by atoms with Gasteiger partial charge in [0.2, 0.25) is 11.8 Å². The molecular weight excluding hydrogens is 258 g/mol. The molecule has 0 aromatic carbocycles. The largest absolute Gasteiger partial charge is 0.474 e. The van der Waals surface area contributed by atoms with Gasteiger partial charge in [0.1, 0.15) is 12.1 Å². The maximum Gasteiger partial charge on any atom is 0.245 e. The molecule has 0 aliphatic carbocycles. The monoisotopic (exact) mass is 279 g/mol. The number of imidazole rings is 1. The van der Waals surface area contributed by atoms with Gasteiger partial charge in [-0.25, -0.2) is 4.98 Å². The zero-order valence-corrected chi connectivity index (χ0v) is 12.4. The third kappa shape index (κ3) is 3.80. The van der Waals surface area contributed by atoms with E-state index in [-0.39, 0.29) is 5.60 Å². The van der Waals surface area contributed by atoms with Crippen LogP contribution in [-0.4, -0.2) is 45.3 Å². The molecule has 2 aromatic heterocycles. The number of anilines is 1. The number of nitrogens with zero attached hydrogens (tertiary/aromatic N) is 3. The van der Waals surface area contributed by atoms with E-state index < -0.39 is 0 Å². The average molecular weight is 279 g/mol. The highest BCUT2D eigenvalue weighted by Crippen LogP contribution is 2.20. The second-order valence-corrected chi connectivity index (χ2v) is 5.29. The van der Waals surface area contributed by atoms with Crippen LogP contribution in [-0.2, 0) is 4.74 Å². The van der Waals surface area contributed by atoms with Crippen LogP contribution in [0.1, 0.15) is 27.7 Å². The summed E-state index contributed by atoms with van der Waals surface area (Å²) in [4.78, 5) is 15.7. The summed E-state index contributed by atoms with van der Waals surface area (Å²) < 4.78 is 11.3. The van der Waals surface area contributed by atoms with Crippen LogP contribution >= 0.6 is 0 Å². The van der Waals surface area contributed by atoms with Crippen molar-refractivity contribution in [2.24, 2.45) is 0 Å². The van der Waals surface area contributed by atoms with E-state index in [1.807, 2.05) is 27.7 Å². The number of H-pyrrole nitrogens is 1. The summed E-state index contributed by atoms with van der Waals surface area (Å²) in [6.07, 6.45) is 1.58. The number of aromatic nitrogens is 4. The van der Waals surface area contributed by atoms with Crippen LogP contribution in [0, 0.1) is 0 Å². The van der Waals surface area contributed by atoms with E-state index in [0.717, 1.165) is 6.54 Å². The van der Waals surface area contributed by atoms with Crippen molar-refractivity contribution in [2.45, 2.75) is 33.3 Å². The van der Waals surface area contributed by atoms with Gasteiger partial charge in [-0.2, -0.15) is 9.97 Å². The lowest BCUT2D eigenvalue weighted by molar-refractivity contribution is -0.0166. The molecule has 110 valence electrons. The third-order valence-corrected chi connectivity index (χ3v) is 2.44. The molecule has 2 aromatic rings. The van der Waals surface area contributed by atoms with Gasteiger partial charge in [0.25, 0.3) is 0 Å². The van der Waals surface area contributed by atoms with Crippen molar-refractivity contribution in [3.8, 4) is 5.88 Å². The van der Waals surface area contributed by atoms with Crippen LogP contribution in [0.2, 0.25) is 0 Å². The van der Waals surface area contributed by atoms with Gasteiger partial charge in [0.15, 0.2) is 5.65 Å². The number of aromatic amines is 1. The number of nitrogens with one attached hydrogen (secondary N) is 2. The lowest BCUT2D eigenvalue weighted by Gasteiger charge is -2.19. The summed E-state index contributed by atoms with van der Waals surface area (Å²) in [5.74, 6) is 1.000. The molecule has 0 aliphatic heterocycles.